The van der Waals surface area contributed by atoms with E-state index in [0.29, 0.717) is 17.2 Å². The van der Waals surface area contributed by atoms with Gasteiger partial charge in [0.1, 0.15) is 0 Å². The lowest BCUT2D eigenvalue weighted by Gasteiger charge is -2.30. The molecule has 5 heteroatoms. The van der Waals surface area contributed by atoms with Crippen LogP contribution in [-0.2, 0) is 0 Å². The predicted octanol–water partition coefficient (Wildman–Crippen LogP) is 1.98. The van der Waals surface area contributed by atoms with E-state index in [2.05, 4.69) is 42.6 Å². The lowest BCUT2D eigenvalue weighted by molar-refractivity contribution is 0.187. The number of aromatic amines is 1. The first kappa shape index (κ1) is 14.3. The first-order valence-electron chi connectivity index (χ1n) is 5.94. The minimum atomic E-state index is -0.0907. The fourth-order valence-corrected chi connectivity index (χ4v) is 2.59. The van der Waals surface area contributed by atoms with Crippen LogP contribution in [0.15, 0.2) is 22.2 Å². The second-order valence-corrected chi connectivity index (χ2v) is 5.60. The van der Waals surface area contributed by atoms with Crippen molar-refractivity contribution in [2.75, 3.05) is 12.3 Å². The Morgan fingerprint density at radius 3 is 2.53 bits per heavy atom. The molecule has 1 N–H and O–H groups in total. The molecule has 96 valence electrons. The van der Waals surface area contributed by atoms with E-state index < -0.39 is 0 Å². The van der Waals surface area contributed by atoms with Crippen molar-refractivity contribution in [3.8, 4) is 0 Å². The first-order chi connectivity index (χ1) is 8.00. The van der Waals surface area contributed by atoms with Crippen molar-refractivity contribution in [2.45, 2.75) is 44.9 Å². The highest BCUT2D eigenvalue weighted by molar-refractivity contribution is 7.99. The van der Waals surface area contributed by atoms with Gasteiger partial charge in [0.15, 0.2) is 5.16 Å². The molecular formula is C12H21N3OS. The fraction of sp³-hybridized carbons (Fsp3) is 0.667. The Morgan fingerprint density at radius 1 is 1.35 bits per heavy atom. The monoisotopic (exact) mass is 255 g/mol. The smallest absolute Gasteiger partial charge is 0.251 e. The summed E-state index contributed by atoms with van der Waals surface area (Å²) in [7, 11) is 0. The van der Waals surface area contributed by atoms with Gasteiger partial charge in [-0.2, -0.15) is 0 Å². The number of nitrogens with one attached hydrogen (secondary N) is 1. The highest BCUT2D eigenvalue weighted by Gasteiger charge is 2.12. The quantitative estimate of drug-likeness (QED) is 0.624. The van der Waals surface area contributed by atoms with Crippen LogP contribution in [0.5, 0.6) is 0 Å². The number of hydrogen-bond donors (Lipinski definition) is 1. The topological polar surface area (TPSA) is 49.0 Å². The number of H-pyrrole nitrogens is 1. The zero-order valence-electron chi connectivity index (χ0n) is 10.9. The van der Waals surface area contributed by atoms with Crippen molar-refractivity contribution in [1.29, 1.82) is 0 Å². The highest BCUT2D eigenvalue weighted by Crippen LogP contribution is 2.12. The summed E-state index contributed by atoms with van der Waals surface area (Å²) >= 11 is 1.59. The number of hydrogen-bond acceptors (Lipinski definition) is 4. The van der Waals surface area contributed by atoms with Gasteiger partial charge in [0.2, 0.25) is 0 Å². The van der Waals surface area contributed by atoms with Crippen LogP contribution in [0.25, 0.3) is 0 Å². The number of rotatable bonds is 6. The summed E-state index contributed by atoms with van der Waals surface area (Å²) in [5.74, 6) is 0.934. The molecule has 0 aliphatic heterocycles. The molecule has 1 heterocycles. The SMILES string of the molecule is CC(C)N(CCSc1nccc(=O)[nH]1)C(C)C. The molecule has 17 heavy (non-hydrogen) atoms. The average Bonchev–Trinajstić information content (AvgIpc) is 2.23. The van der Waals surface area contributed by atoms with Gasteiger partial charge < -0.3 is 4.98 Å². The zero-order chi connectivity index (χ0) is 12.8. The van der Waals surface area contributed by atoms with Gasteiger partial charge in [0.05, 0.1) is 0 Å². The van der Waals surface area contributed by atoms with Crippen LogP contribution in [0.1, 0.15) is 27.7 Å². The molecule has 0 saturated heterocycles. The van der Waals surface area contributed by atoms with Gasteiger partial charge in [-0.1, -0.05) is 11.8 Å². The number of thioether (sulfide) groups is 1. The molecule has 0 atom stereocenters. The second-order valence-electron chi connectivity index (χ2n) is 4.51. The van der Waals surface area contributed by atoms with Crippen molar-refractivity contribution in [3.05, 3.63) is 22.6 Å². The minimum absolute atomic E-state index is 0.0907. The Kier molecular flexibility index (Phi) is 5.71. The van der Waals surface area contributed by atoms with Gasteiger partial charge in [-0.25, -0.2) is 4.98 Å². The molecule has 0 saturated carbocycles. The van der Waals surface area contributed by atoms with E-state index in [-0.39, 0.29) is 5.56 Å². The van der Waals surface area contributed by atoms with Crippen molar-refractivity contribution in [2.24, 2.45) is 0 Å². The number of nitrogens with zero attached hydrogens (tertiary/aromatic N) is 2. The maximum atomic E-state index is 11.1. The van der Waals surface area contributed by atoms with Crippen molar-refractivity contribution < 1.29 is 0 Å². The van der Waals surface area contributed by atoms with Gasteiger partial charge in [-0.3, -0.25) is 9.69 Å². The third-order valence-corrected chi connectivity index (χ3v) is 3.43. The molecule has 0 radical (unpaired) electrons. The van der Waals surface area contributed by atoms with E-state index in [0.717, 1.165) is 12.3 Å². The summed E-state index contributed by atoms with van der Waals surface area (Å²) in [6.07, 6.45) is 1.55. The van der Waals surface area contributed by atoms with Crippen molar-refractivity contribution >= 4 is 11.8 Å². The summed E-state index contributed by atoms with van der Waals surface area (Å²) in [6, 6.07) is 2.51. The second kappa shape index (κ2) is 6.81. The molecule has 0 aromatic carbocycles. The van der Waals surface area contributed by atoms with Crippen LogP contribution >= 0.6 is 11.8 Å². The maximum absolute atomic E-state index is 11.1. The number of aromatic nitrogens is 2. The Hall–Kier alpha value is -0.810. The van der Waals surface area contributed by atoms with E-state index >= 15 is 0 Å². The van der Waals surface area contributed by atoms with Crippen LogP contribution in [0.2, 0.25) is 0 Å². The molecule has 1 rings (SSSR count). The highest BCUT2D eigenvalue weighted by atomic mass is 32.2. The summed E-state index contributed by atoms with van der Waals surface area (Å²) in [4.78, 5) is 20.3. The van der Waals surface area contributed by atoms with Crippen molar-refractivity contribution in [1.82, 2.24) is 14.9 Å². The average molecular weight is 255 g/mol. The Bertz CT molecular complexity index is 381. The summed E-state index contributed by atoms with van der Waals surface area (Å²) < 4.78 is 0. The molecule has 1 aromatic heterocycles. The molecule has 0 unspecified atom stereocenters. The van der Waals surface area contributed by atoms with Crippen LogP contribution in [0.4, 0.5) is 0 Å². The molecule has 1 aromatic rings. The van der Waals surface area contributed by atoms with E-state index in [1.54, 1.807) is 18.0 Å². The van der Waals surface area contributed by atoms with Crippen LogP contribution < -0.4 is 5.56 Å². The summed E-state index contributed by atoms with van der Waals surface area (Å²) in [5.41, 5.74) is -0.0907. The molecule has 0 spiro atoms. The van der Waals surface area contributed by atoms with Gasteiger partial charge >= 0.3 is 0 Å². The first-order valence-corrected chi connectivity index (χ1v) is 6.93. The molecule has 0 aliphatic rings. The van der Waals surface area contributed by atoms with Crippen LogP contribution in [0.3, 0.4) is 0 Å². The Balaban J connectivity index is 2.44. The minimum Gasteiger partial charge on any atom is -0.301 e. The summed E-state index contributed by atoms with van der Waals surface area (Å²) in [6.45, 7) is 9.81. The molecular weight excluding hydrogens is 234 g/mol. The summed E-state index contributed by atoms with van der Waals surface area (Å²) in [5, 5.41) is 0.699. The third-order valence-electron chi connectivity index (χ3n) is 2.56. The Labute approximate surface area is 107 Å². The Morgan fingerprint density at radius 2 is 2.00 bits per heavy atom. The van der Waals surface area contributed by atoms with Crippen LogP contribution in [0, 0.1) is 0 Å². The van der Waals surface area contributed by atoms with E-state index in [1.165, 1.54) is 6.07 Å². The third kappa shape index (κ3) is 4.91. The molecule has 0 amide bonds. The van der Waals surface area contributed by atoms with Crippen molar-refractivity contribution in [3.63, 3.8) is 0 Å². The molecule has 0 bridgehead atoms. The predicted molar refractivity (Wildman–Crippen MR) is 72.6 cm³/mol. The normalized spacial score (nSPS) is 11.7. The van der Waals surface area contributed by atoms with Gasteiger partial charge in [0.25, 0.3) is 5.56 Å². The van der Waals surface area contributed by atoms with E-state index in [9.17, 15) is 4.79 Å². The van der Waals surface area contributed by atoms with Crippen LogP contribution in [-0.4, -0.2) is 39.2 Å². The molecule has 0 aliphatic carbocycles. The fourth-order valence-electron chi connectivity index (χ4n) is 1.79. The lowest BCUT2D eigenvalue weighted by atomic mass is 10.2. The van der Waals surface area contributed by atoms with E-state index in [4.69, 9.17) is 0 Å². The zero-order valence-corrected chi connectivity index (χ0v) is 11.8. The lowest BCUT2D eigenvalue weighted by Crippen LogP contribution is -2.38. The molecule has 0 fully saturated rings. The maximum Gasteiger partial charge on any atom is 0.251 e. The van der Waals surface area contributed by atoms with Gasteiger partial charge in [0, 0.05) is 36.6 Å². The van der Waals surface area contributed by atoms with Gasteiger partial charge in [-0.15, -0.1) is 0 Å². The molecule has 4 nitrogen and oxygen atoms in total. The van der Waals surface area contributed by atoms with Gasteiger partial charge in [-0.05, 0) is 27.7 Å². The largest absolute Gasteiger partial charge is 0.301 e. The van der Waals surface area contributed by atoms with E-state index in [1.807, 2.05) is 0 Å². The standard InChI is InChI=1S/C12H21N3OS/c1-9(2)15(10(3)4)7-8-17-12-13-6-5-11(16)14-12/h5-6,9-10H,7-8H2,1-4H3,(H,13,14,16).